The summed E-state index contributed by atoms with van der Waals surface area (Å²) in [5, 5.41) is 2.70. The number of aromatic nitrogens is 2. The number of thiazole rings is 1. The van der Waals surface area contributed by atoms with E-state index in [4.69, 9.17) is 4.74 Å². The van der Waals surface area contributed by atoms with Gasteiger partial charge in [-0.25, -0.2) is 4.98 Å². The lowest BCUT2D eigenvalue weighted by Gasteiger charge is -2.01. The van der Waals surface area contributed by atoms with Crippen LogP contribution in [0, 0.1) is 0 Å². The molecule has 1 amide bonds. The third-order valence-electron chi connectivity index (χ3n) is 3.29. The number of amides is 1. The number of rotatable bonds is 5. The van der Waals surface area contributed by atoms with E-state index < -0.39 is 0 Å². The second-order valence-electron chi connectivity index (χ2n) is 4.82. The van der Waals surface area contributed by atoms with Crippen LogP contribution >= 0.6 is 11.3 Å². The zero-order valence-electron chi connectivity index (χ0n) is 13.2. The van der Waals surface area contributed by atoms with Crippen molar-refractivity contribution in [3.8, 4) is 5.75 Å². The van der Waals surface area contributed by atoms with Gasteiger partial charge in [0, 0.05) is 19.5 Å². The molecule has 2 heterocycles. The van der Waals surface area contributed by atoms with Crippen molar-refractivity contribution in [1.29, 1.82) is 0 Å². The minimum Gasteiger partial charge on any atom is -0.497 e. The molecule has 1 N–H and O–H groups in total. The standard InChI is InChI=1S/C16H15N5O2S/c1-17-7-10(8-18-2)19-15(22)12-9-21-13-5-4-11(23-3)6-14(13)24-16(21)20-12/h4-9H,1H2,2-3H3,(H,19,22)/b10-7+,18-8-. The van der Waals surface area contributed by atoms with Crippen LogP contribution in [0.1, 0.15) is 10.5 Å². The van der Waals surface area contributed by atoms with Crippen molar-refractivity contribution >= 4 is 45.4 Å². The first-order valence-corrected chi connectivity index (χ1v) is 7.83. The number of carbonyl (C=O) groups excluding carboxylic acids is 1. The summed E-state index contributed by atoms with van der Waals surface area (Å²) >= 11 is 1.49. The molecule has 3 aromatic rings. The van der Waals surface area contributed by atoms with Crippen LogP contribution in [0.2, 0.25) is 0 Å². The van der Waals surface area contributed by atoms with E-state index in [1.54, 1.807) is 20.4 Å². The van der Waals surface area contributed by atoms with Crippen LogP contribution in [-0.2, 0) is 0 Å². The molecule has 8 heteroatoms. The summed E-state index contributed by atoms with van der Waals surface area (Å²) in [5.41, 5.74) is 1.74. The maximum atomic E-state index is 12.3. The number of hydrogen-bond acceptors (Lipinski definition) is 6. The highest BCUT2D eigenvalue weighted by atomic mass is 32.1. The van der Waals surface area contributed by atoms with Gasteiger partial charge in [0.25, 0.3) is 5.91 Å². The summed E-state index contributed by atoms with van der Waals surface area (Å²) in [5.74, 6) is 0.456. The van der Waals surface area contributed by atoms with Crippen LogP contribution in [0.3, 0.4) is 0 Å². The lowest BCUT2D eigenvalue weighted by atomic mass is 10.3. The largest absolute Gasteiger partial charge is 0.497 e. The Morgan fingerprint density at radius 2 is 2.33 bits per heavy atom. The zero-order chi connectivity index (χ0) is 17.1. The van der Waals surface area contributed by atoms with E-state index in [2.05, 4.69) is 27.0 Å². The number of nitrogens with one attached hydrogen (secondary N) is 1. The first-order valence-electron chi connectivity index (χ1n) is 7.01. The van der Waals surface area contributed by atoms with Crippen LogP contribution in [-0.4, -0.2) is 42.4 Å². The lowest BCUT2D eigenvalue weighted by molar-refractivity contribution is 0.0964. The summed E-state index contributed by atoms with van der Waals surface area (Å²) in [6, 6.07) is 5.77. The molecule has 0 bridgehead atoms. The Morgan fingerprint density at radius 1 is 1.50 bits per heavy atom. The molecular weight excluding hydrogens is 326 g/mol. The molecule has 0 unspecified atom stereocenters. The molecule has 2 aromatic heterocycles. The van der Waals surface area contributed by atoms with Gasteiger partial charge in [-0.3, -0.25) is 19.2 Å². The Morgan fingerprint density at radius 3 is 3.04 bits per heavy atom. The number of fused-ring (bicyclic) bond motifs is 3. The summed E-state index contributed by atoms with van der Waals surface area (Å²) < 4.78 is 8.15. The molecule has 0 radical (unpaired) electrons. The molecule has 24 heavy (non-hydrogen) atoms. The molecule has 0 aliphatic rings. The van der Waals surface area contributed by atoms with Gasteiger partial charge in [0.1, 0.15) is 11.4 Å². The molecular formula is C16H15N5O2S. The highest BCUT2D eigenvalue weighted by Gasteiger charge is 2.15. The molecule has 3 rings (SSSR count). The van der Waals surface area contributed by atoms with Gasteiger partial charge in [-0.2, -0.15) is 0 Å². The molecule has 0 atom stereocenters. The maximum Gasteiger partial charge on any atom is 0.276 e. The van der Waals surface area contributed by atoms with Crippen LogP contribution in [0.5, 0.6) is 5.75 Å². The summed E-state index contributed by atoms with van der Waals surface area (Å²) in [4.78, 5) is 25.0. The van der Waals surface area contributed by atoms with Crippen molar-refractivity contribution in [1.82, 2.24) is 14.7 Å². The number of nitrogens with zero attached hydrogens (tertiary/aromatic N) is 4. The average molecular weight is 341 g/mol. The Labute approximate surface area is 142 Å². The van der Waals surface area contributed by atoms with Gasteiger partial charge >= 0.3 is 0 Å². The van der Waals surface area contributed by atoms with Gasteiger partial charge in [0.15, 0.2) is 4.96 Å². The summed E-state index contributed by atoms with van der Waals surface area (Å²) in [7, 11) is 3.24. The first kappa shape index (κ1) is 15.9. The molecule has 0 spiro atoms. The van der Waals surface area contributed by atoms with E-state index in [-0.39, 0.29) is 5.91 Å². The van der Waals surface area contributed by atoms with Gasteiger partial charge in [-0.05, 0) is 24.9 Å². The lowest BCUT2D eigenvalue weighted by Crippen LogP contribution is -2.23. The molecule has 0 saturated carbocycles. The smallest absolute Gasteiger partial charge is 0.276 e. The predicted octanol–water partition coefficient (Wildman–Crippen LogP) is 2.53. The first-order chi connectivity index (χ1) is 11.7. The second kappa shape index (κ2) is 6.63. The third-order valence-corrected chi connectivity index (χ3v) is 4.31. The van der Waals surface area contributed by atoms with E-state index in [1.165, 1.54) is 23.8 Å². The monoisotopic (exact) mass is 341 g/mol. The van der Waals surface area contributed by atoms with Crippen molar-refractivity contribution in [2.24, 2.45) is 9.98 Å². The minimum absolute atomic E-state index is 0.318. The van der Waals surface area contributed by atoms with Gasteiger partial charge in [-0.15, -0.1) is 0 Å². The summed E-state index contributed by atoms with van der Waals surface area (Å²) in [6.45, 7) is 3.37. The molecule has 0 aliphatic heterocycles. The normalized spacial score (nSPS) is 12.2. The number of hydrogen-bond donors (Lipinski definition) is 1. The number of ether oxygens (including phenoxy) is 1. The average Bonchev–Trinajstić information content (AvgIpc) is 3.12. The SMILES string of the molecule is C=N/C=C(\C=N/C)NC(=O)c1cn2c(n1)sc1cc(OC)ccc12. The molecule has 0 saturated heterocycles. The number of imidazole rings is 1. The predicted molar refractivity (Wildman–Crippen MR) is 96.6 cm³/mol. The topological polar surface area (TPSA) is 80.4 Å². The van der Waals surface area contributed by atoms with E-state index in [9.17, 15) is 4.79 Å². The van der Waals surface area contributed by atoms with Gasteiger partial charge in [-0.1, -0.05) is 11.3 Å². The summed E-state index contributed by atoms with van der Waals surface area (Å²) in [6.07, 6.45) is 4.62. The van der Waals surface area contributed by atoms with E-state index >= 15 is 0 Å². The maximum absolute atomic E-state index is 12.3. The Bertz CT molecular complexity index is 983. The van der Waals surface area contributed by atoms with Crippen LogP contribution in [0.4, 0.5) is 0 Å². The molecule has 1 aromatic carbocycles. The fourth-order valence-corrected chi connectivity index (χ4v) is 3.28. The number of benzene rings is 1. The quantitative estimate of drug-likeness (QED) is 0.724. The molecule has 7 nitrogen and oxygen atoms in total. The van der Waals surface area contributed by atoms with Gasteiger partial charge in [0.2, 0.25) is 0 Å². The fourth-order valence-electron chi connectivity index (χ4n) is 2.25. The van der Waals surface area contributed by atoms with Crippen molar-refractivity contribution in [2.45, 2.75) is 0 Å². The van der Waals surface area contributed by atoms with Crippen LogP contribution < -0.4 is 10.1 Å². The fraction of sp³-hybridized carbons (Fsp3) is 0.125. The van der Waals surface area contributed by atoms with E-state index in [1.807, 2.05) is 22.6 Å². The van der Waals surface area contributed by atoms with Crippen molar-refractivity contribution in [3.05, 3.63) is 42.0 Å². The van der Waals surface area contributed by atoms with Crippen LogP contribution in [0.25, 0.3) is 15.2 Å². The van der Waals surface area contributed by atoms with Crippen molar-refractivity contribution < 1.29 is 9.53 Å². The van der Waals surface area contributed by atoms with Crippen molar-refractivity contribution in [3.63, 3.8) is 0 Å². The highest BCUT2D eigenvalue weighted by molar-refractivity contribution is 7.23. The Kier molecular flexibility index (Phi) is 4.39. The Hall–Kier alpha value is -3.00. The molecule has 122 valence electrons. The number of methoxy groups -OCH3 is 1. The highest BCUT2D eigenvalue weighted by Crippen LogP contribution is 2.29. The van der Waals surface area contributed by atoms with E-state index in [0.717, 1.165) is 20.9 Å². The zero-order valence-corrected chi connectivity index (χ0v) is 14.0. The number of allylic oxidation sites excluding steroid dienone is 1. The molecule has 0 fully saturated rings. The minimum atomic E-state index is -0.331. The van der Waals surface area contributed by atoms with Gasteiger partial charge in [0.05, 0.1) is 29.2 Å². The van der Waals surface area contributed by atoms with Crippen molar-refractivity contribution in [2.75, 3.05) is 14.2 Å². The third kappa shape index (κ3) is 2.91. The number of aliphatic imine (C=N–C) groups is 2. The van der Waals surface area contributed by atoms with Gasteiger partial charge < -0.3 is 10.1 Å². The van der Waals surface area contributed by atoms with E-state index in [0.29, 0.717) is 11.4 Å². The second-order valence-corrected chi connectivity index (χ2v) is 5.83. The molecule has 0 aliphatic carbocycles. The number of carbonyl (C=O) groups is 1. The van der Waals surface area contributed by atoms with Crippen LogP contribution in [0.15, 0.2) is 46.3 Å². The Balaban J connectivity index is 1.94.